The van der Waals surface area contributed by atoms with Crippen molar-refractivity contribution in [3.8, 4) is 0 Å². The number of hydrogen-bond acceptors (Lipinski definition) is 8. The SMILES string of the molecule is CC(C)(C)OC(=O)N1Cc2c(ncn2C(=O)OC(C)(C)C)C[C@H]1C(=O)N1CCC[C@H]1C(=O)OCc1ccccc1. The molecule has 0 radical (unpaired) electrons. The maximum Gasteiger partial charge on any atom is 0.420 e. The molecular weight excluding hydrogens is 516 g/mol. The number of benzene rings is 1. The van der Waals surface area contributed by atoms with Gasteiger partial charge in [0.25, 0.3) is 0 Å². The van der Waals surface area contributed by atoms with E-state index in [-0.39, 0.29) is 25.5 Å². The summed E-state index contributed by atoms with van der Waals surface area (Å²) in [5.74, 6) is -0.869. The first-order valence-electron chi connectivity index (χ1n) is 13.5. The summed E-state index contributed by atoms with van der Waals surface area (Å²) in [7, 11) is 0. The summed E-state index contributed by atoms with van der Waals surface area (Å²) >= 11 is 0. The van der Waals surface area contributed by atoms with Crippen LogP contribution >= 0.6 is 0 Å². The number of esters is 1. The van der Waals surface area contributed by atoms with Crippen molar-refractivity contribution in [1.82, 2.24) is 19.4 Å². The Bertz CT molecular complexity index is 1260. The number of carbonyl (C=O) groups is 4. The van der Waals surface area contributed by atoms with E-state index >= 15 is 0 Å². The largest absolute Gasteiger partial charge is 0.459 e. The Balaban J connectivity index is 1.57. The van der Waals surface area contributed by atoms with Crippen molar-refractivity contribution >= 4 is 24.1 Å². The van der Waals surface area contributed by atoms with Gasteiger partial charge in [0, 0.05) is 13.0 Å². The molecular formula is C29H38N4O7. The maximum atomic E-state index is 14.0. The first-order chi connectivity index (χ1) is 18.7. The number of carbonyl (C=O) groups excluding carboxylic acids is 4. The standard InChI is InChI=1S/C29H38N4O7/c1-28(2,3)39-26(36)32-16-23-20(30-18-33(23)27(37)40-29(4,5)6)15-22(32)24(34)31-14-10-13-21(31)25(35)38-17-19-11-8-7-9-12-19/h7-9,11-12,18,21-22H,10,13-17H2,1-6H3/t21-,22-/m0/s1. The molecule has 0 unspecified atom stereocenters. The molecule has 1 fully saturated rings. The summed E-state index contributed by atoms with van der Waals surface area (Å²) in [6.07, 6.45) is 1.18. The van der Waals surface area contributed by atoms with Gasteiger partial charge in [0.15, 0.2) is 0 Å². The molecule has 216 valence electrons. The second-order valence-corrected chi connectivity index (χ2v) is 12.1. The highest BCUT2D eigenvalue weighted by Gasteiger charge is 2.45. The molecule has 1 saturated heterocycles. The molecule has 0 spiro atoms. The summed E-state index contributed by atoms with van der Waals surface area (Å²) in [4.78, 5) is 60.3. The lowest BCUT2D eigenvalue weighted by Crippen LogP contribution is -2.56. The molecule has 2 amide bonds. The van der Waals surface area contributed by atoms with Gasteiger partial charge in [0.05, 0.1) is 17.9 Å². The predicted molar refractivity (Wildman–Crippen MR) is 144 cm³/mol. The quantitative estimate of drug-likeness (QED) is 0.410. The van der Waals surface area contributed by atoms with Gasteiger partial charge in [-0.05, 0) is 59.9 Å². The smallest absolute Gasteiger partial charge is 0.420 e. The number of hydrogen-bond donors (Lipinski definition) is 0. The molecule has 2 atom stereocenters. The van der Waals surface area contributed by atoms with Crippen molar-refractivity contribution in [3.63, 3.8) is 0 Å². The first-order valence-corrected chi connectivity index (χ1v) is 13.5. The van der Waals surface area contributed by atoms with Crippen molar-refractivity contribution < 1.29 is 33.4 Å². The summed E-state index contributed by atoms with van der Waals surface area (Å²) in [5.41, 5.74) is 0.263. The van der Waals surface area contributed by atoms with E-state index in [1.165, 1.54) is 20.7 Å². The van der Waals surface area contributed by atoms with Crippen LogP contribution in [0.2, 0.25) is 0 Å². The van der Waals surface area contributed by atoms with E-state index in [0.717, 1.165) is 5.56 Å². The number of amides is 2. The Kier molecular flexibility index (Phi) is 8.23. The van der Waals surface area contributed by atoms with Crippen LogP contribution in [0.4, 0.5) is 9.59 Å². The Morgan fingerprint density at radius 2 is 1.55 bits per heavy atom. The minimum absolute atomic E-state index is 0.0610. The van der Waals surface area contributed by atoms with Crippen molar-refractivity contribution in [1.29, 1.82) is 0 Å². The van der Waals surface area contributed by atoms with Crippen molar-refractivity contribution in [2.24, 2.45) is 0 Å². The minimum atomic E-state index is -0.966. The second-order valence-electron chi connectivity index (χ2n) is 12.1. The third-order valence-electron chi connectivity index (χ3n) is 6.57. The van der Waals surface area contributed by atoms with Crippen LogP contribution in [-0.4, -0.2) is 73.2 Å². The van der Waals surface area contributed by atoms with Gasteiger partial charge in [-0.3, -0.25) is 9.69 Å². The van der Waals surface area contributed by atoms with E-state index < -0.39 is 41.4 Å². The van der Waals surface area contributed by atoms with Crippen LogP contribution < -0.4 is 0 Å². The lowest BCUT2D eigenvalue weighted by Gasteiger charge is -2.38. The van der Waals surface area contributed by atoms with Crippen LogP contribution in [0.25, 0.3) is 0 Å². The number of aromatic nitrogens is 2. The van der Waals surface area contributed by atoms with E-state index in [1.54, 1.807) is 41.5 Å². The highest BCUT2D eigenvalue weighted by atomic mass is 16.6. The number of nitrogens with zero attached hydrogens (tertiary/aromatic N) is 4. The van der Waals surface area contributed by atoms with Crippen LogP contribution in [0.3, 0.4) is 0 Å². The van der Waals surface area contributed by atoms with E-state index in [9.17, 15) is 19.2 Å². The predicted octanol–water partition coefficient (Wildman–Crippen LogP) is 4.06. The van der Waals surface area contributed by atoms with Crippen molar-refractivity contribution in [2.45, 2.75) is 97.2 Å². The average molecular weight is 555 g/mol. The minimum Gasteiger partial charge on any atom is -0.459 e. The van der Waals surface area contributed by atoms with Crippen LogP contribution in [0, 0.1) is 0 Å². The van der Waals surface area contributed by atoms with Gasteiger partial charge in [0.1, 0.15) is 36.2 Å². The number of imidazole rings is 1. The van der Waals surface area contributed by atoms with Gasteiger partial charge in [0.2, 0.25) is 5.91 Å². The van der Waals surface area contributed by atoms with Crippen LogP contribution in [-0.2, 0) is 43.4 Å². The molecule has 3 heterocycles. The van der Waals surface area contributed by atoms with Crippen molar-refractivity contribution in [2.75, 3.05) is 6.54 Å². The highest BCUT2D eigenvalue weighted by Crippen LogP contribution is 2.29. The van der Waals surface area contributed by atoms with Crippen molar-refractivity contribution in [3.05, 3.63) is 53.6 Å². The Morgan fingerprint density at radius 1 is 0.900 bits per heavy atom. The highest BCUT2D eigenvalue weighted by molar-refractivity contribution is 5.91. The van der Waals surface area contributed by atoms with Gasteiger partial charge < -0.3 is 19.1 Å². The van der Waals surface area contributed by atoms with E-state index in [1.807, 2.05) is 30.3 Å². The molecule has 0 N–H and O–H groups in total. The molecule has 11 heteroatoms. The fourth-order valence-electron chi connectivity index (χ4n) is 4.81. The number of rotatable bonds is 4. The monoisotopic (exact) mass is 554 g/mol. The molecule has 2 aliphatic heterocycles. The zero-order valence-electron chi connectivity index (χ0n) is 24.0. The third-order valence-corrected chi connectivity index (χ3v) is 6.57. The Hall–Kier alpha value is -3.89. The zero-order chi connectivity index (χ0) is 29.2. The molecule has 40 heavy (non-hydrogen) atoms. The second kappa shape index (κ2) is 11.3. The van der Waals surface area contributed by atoms with Crippen LogP contribution in [0.15, 0.2) is 36.7 Å². The summed E-state index contributed by atoms with van der Waals surface area (Å²) < 4.78 is 17.9. The molecule has 0 bridgehead atoms. The van der Waals surface area contributed by atoms with Gasteiger partial charge >= 0.3 is 18.2 Å². The summed E-state index contributed by atoms with van der Waals surface area (Å²) in [6.45, 7) is 10.9. The molecule has 1 aromatic heterocycles. The molecule has 0 saturated carbocycles. The maximum absolute atomic E-state index is 14.0. The molecule has 4 rings (SSSR count). The van der Waals surface area contributed by atoms with Gasteiger partial charge in [-0.25, -0.2) is 23.9 Å². The molecule has 1 aromatic carbocycles. The lowest BCUT2D eigenvalue weighted by molar-refractivity contribution is -0.156. The zero-order valence-corrected chi connectivity index (χ0v) is 24.0. The van der Waals surface area contributed by atoms with Crippen LogP contribution in [0.5, 0.6) is 0 Å². The fourth-order valence-corrected chi connectivity index (χ4v) is 4.81. The Morgan fingerprint density at radius 3 is 2.20 bits per heavy atom. The average Bonchev–Trinajstić information content (AvgIpc) is 3.52. The van der Waals surface area contributed by atoms with E-state index in [4.69, 9.17) is 14.2 Å². The molecule has 11 nitrogen and oxygen atoms in total. The molecule has 2 aromatic rings. The molecule has 0 aliphatic carbocycles. The Labute approximate surface area is 234 Å². The molecule has 2 aliphatic rings. The fraction of sp³-hybridized carbons (Fsp3) is 0.552. The van der Waals surface area contributed by atoms with Crippen LogP contribution in [0.1, 0.15) is 71.3 Å². The first kappa shape index (κ1) is 29.1. The normalized spacial score (nSPS) is 19.1. The van der Waals surface area contributed by atoms with Gasteiger partial charge in [-0.15, -0.1) is 0 Å². The van der Waals surface area contributed by atoms with E-state index in [2.05, 4.69) is 4.98 Å². The number of ether oxygens (including phenoxy) is 3. The van der Waals surface area contributed by atoms with E-state index in [0.29, 0.717) is 30.8 Å². The number of likely N-dealkylation sites (tertiary alicyclic amines) is 1. The van der Waals surface area contributed by atoms with Gasteiger partial charge in [-0.2, -0.15) is 0 Å². The summed E-state index contributed by atoms with van der Waals surface area (Å²) in [6, 6.07) is 7.61. The summed E-state index contributed by atoms with van der Waals surface area (Å²) in [5, 5.41) is 0. The topological polar surface area (TPSA) is 120 Å². The number of fused-ring (bicyclic) bond motifs is 1. The van der Waals surface area contributed by atoms with Gasteiger partial charge in [-0.1, -0.05) is 30.3 Å². The lowest BCUT2D eigenvalue weighted by atomic mass is 10.0. The third kappa shape index (κ3) is 6.81.